The molecule has 0 bridgehead atoms. The van der Waals surface area contributed by atoms with Crippen LogP contribution in [0.15, 0.2) is 70.6 Å². The van der Waals surface area contributed by atoms with Crippen LogP contribution in [0.1, 0.15) is 57.8 Å². The number of fused-ring (bicyclic) bond motifs is 1. The van der Waals surface area contributed by atoms with Crippen molar-refractivity contribution in [1.82, 2.24) is 0 Å². The minimum Gasteiger partial charge on any atom is -1.00 e. The van der Waals surface area contributed by atoms with Gasteiger partial charge in [0.15, 0.2) is 6.20 Å². The molecule has 1 aliphatic carbocycles. The average Bonchev–Trinajstić information content (AvgIpc) is 2.79. The molecule has 1 heterocycles. The SMILES string of the molecule is COc1cccc(Sc2cc3ccccc3[n+](CCCCCC3CCCCC3)c2)c1.[I-]. The summed E-state index contributed by atoms with van der Waals surface area (Å²) < 4.78 is 7.84. The summed E-state index contributed by atoms with van der Waals surface area (Å²) in [6.07, 6.45) is 15.1. The van der Waals surface area contributed by atoms with Crippen molar-refractivity contribution < 1.29 is 33.3 Å². The highest BCUT2D eigenvalue weighted by atomic mass is 127. The molecular weight excluding hydrogens is 513 g/mol. The number of para-hydroxylation sites is 1. The van der Waals surface area contributed by atoms with Gasteiger partial charge >= 0.3 is 0 Å². The molecule has 0 spiro atoms. The fourth-order valence-electron chi connectivity index (χ4n) is 4.69. The van der Waals surface area contributed by atoms with Crippen molar-refractivity contribution in [2.24, 2.45) is 5.92 Å². The third-order valence-electron chi connectivity index (χ3n) is 6.34. The second kappa shape index (κ2) is 12.7. The topological polar surface area (TPSA) is 13.1 Å². The number of aromatic nitrogens is 1. The number of hydrogen-bond donors (Lipinski definition) is 0. The number of nitrogens with zero attached hydrogens (tertiary/aromatic N) is 1. The van der Waals surface area contributed by atoms with E-state index < -0.39 is 0 Å². The van der Waals surface area contributed by atoms with E-state index in [0.29, 0.717) is 0 Å². The van der Waals surface area contributed by atoms with E-state index in [4.69, 9.17) is 4.74 Å². The van der Waals surface area contributed by atoms with E-state index in [2.05, 4.69) is 59.3 Å². The number of benzene rings is 2. The fraction of sp³-hybridized carbons (Fsp3) is 0.444. The molecule has 0 unspecified atom stereocenters. The Balaban J connectivity index is 0.00000272. The van der Waals surface area contributed by atoms with E-state index in [1.54, 1.807) is 7.11 Å². The molecule has 0 aliphatic heterocycles. The molecule has 0 radical (unpaired) electrons. The Morgan fingerprint density at radius 3 is 2.58 bits per heavy atom. The summed E-state index contributed by atoms with van der Waals surface area (Å²) in [5.41, 5.74) is 1.33. The van der Waals surface area contributed by atoms with Crippen LogP contribution in [0, 0.1) is 5.92 Å². The molecular formula is C27H34INOS. The van der Waals surface area contributed by atoms with Gasteiger partial charge in [-0.15, -0.1) is 0 Å². The van der Waals surface area contributed by atoms with Crippen LogP contribution in [-0.2, 0) is 6.54 Å². The lowest BCUT2D eigenvalue weighted by molar-refractivity contribution is -0.673. The zero-order valence-corrected chi connectivity index (χ0v) is 21.5. The number of unbranched alkanes of at least 4 members (excludes halogenated alkanes) is 2. The highest BCUT2D eigenvalue weighted by molar-refractivity contribution is 7.99. The molecule has 1 aromatic heterocycles. The fourth-order valence-corrected chi connectivity index (χ4v) is 5.65. The highest BCUT2D eigenvalue weighted by Crippen LogP contribution is 2.31. The number of hydrogen-bond acceptors (Lipinski definition) is 2. The van der Waals surface area contributed by atoms with E-state index in [9.17, 15) is 0 Å². The summed E-state index contributed by atoms with van der Waals surface area (Å²) in [5, 5.41) is 1.31. The molecule has 4 rings (SSSR count). The summed E-state index contributed by atoms with van der Waals surface area (Å²) in [4.78, 5) is 2.49. The number of rotatable bonds is 9. The van der Waals surface area contributed by atoms with Crippen LogP contribution in [0.4, 0.5) is 0 Å². The van der Waals surface area contributed by atoms with Crippen molar-refractivity contribution >= 4 is 22.7 Å². The van der Waals surface area contributed by atoms with Gasteiger partial charge in [-0.05, 0) is 42.7 Å². The smallest absolute Gasteiger partial charge is 0.212 e. The highest BCUT2D eigenvalue weighted by Gasteiger charge is 2.14. The Morgan fingerprint density at radius 2 is 1.74 bits per heavy atom. The first kappa shape index (κ1) is 24.4. The zero-order valence-electron chi connectivity index (χ0n) is 18.6. The second-order valence-corrected chi connectivity index (χ2v) is 9.71. The maximum Gasteiger partial charge on any atom is 0.212 e. The average molecular weight is 548 g/mol. The first-order chi connectivity index (χ1) is 14.8. The van der Waals surface area contributed by atoms with Crippen LogP contribution >= 0.6 is 11.8 Å². The van der Waals surface area contributed by atoms with Gasteiger partial charge in [0.2, 0.25) is 5.52 Å². The van der Waals surface area contributed by atoms with E-state index in [1.165, 1.54) is 78.5 Å². The third-order valence-corrected chi connectivity index (χ3v) is 7.29. The Hall–Kier alpha value is -1.27. The van der Waals surface area contributed by atoms with Crippen molar-refractivity contribution in [1.29, 1.82) is 0 Å². The van der Waals surface area contributed by atoms with Crippen molar-refractivity contribution in [3.8, 4) is 5.75 Å². The minimum atomic E-state index is 0. The normalized spacial score (nSPS) is 14.4. The first-order valence-electron chi connectivity index (χ1n) is 11.6. The molecule has 0 amide bonds. The molecule has 31 heavy (non-hydrogen) atoms. The Bertz CT molecular complexity index is 955. The molecule has 2 nitrogen and oxygen atoms in total. The number of ether oxygens (including phenoxy) is 1. The van der Waals surface area contributed by atoms with Gasteiger partial charge < -0.3 is 28.7 Å². The van der Waals surface area contributed by atoms with E-state index >= 15 is 0 Å². The predicted octanol–water partition coefficient (Wildman–Crippen LogP) is 4.43. The van der Waals surface area contributed by atoms with Gasteiger partial charge in [-0.2, -0.15) is 4.57 Å². The van der Waals surface area contributed by atoms with Gasteiger partial charge in [0.05, 0.1) is 12.0 Å². The minimum absolute atomic E-state index is 0. The molecule has 0 saturated heterocycles. The van der Waals surface area contributed by atoms with Gasteiger partial charge in [0.25, 0.3) is 0 Å². The van der Waals surface area contributed by atoms with Gasteiger partial charge in [0, 0.05) is 22.8 Å². The van der Waals surface area contributed by atoms with Crippen LogP contribution < -0.4 is 33.3 Å². The Morgan fingerprint density at radius 1 is 0.903 bits per heavy atom. The molecule has 0 N–H and O–H groups in total. The summed E-state index contributed by atoms with van der Waals surface area (Å²) in [6.45, 7) is 1.09. The van der Waals surface area contributed by atoms with E-state index in [-0.39, 0.29) is 24.0 Å². The molecule has 1 saturated carbocycles. The van der Waals surface area contributed by atoms with Crippen LogP contribution in [0.2, 0.25) is 0 Å². The lowest BCUT2D eigenvalue weighted by Gasteiger charge is -2.21. The first-order valence-corrected chi connectivity index (χ1v) is 12.4. The van der Waals surface area contributed by atoms with Gasteiger partial charge in [0.1, 0.15) is 12.3 Å². The molecule has 1 aliphatic rings. The monoisotopic (exact) mass is 547 g/mol. The molecule has 2 aromatic carbocycles. The lowest BCUT2D eigenvalue weighted by atomic mass is 9.85. The quantitative estimate of drug-likeness (QED) is 0.224. The van der Waals surface area contributed by atoms with Gasteiger partial charge in [-0.1, -0.05) is 74.9 Å². The number of methoxy groups -OCH3 is 1. The van der Waals surface area contributed by atoms with Crippen LogP contribution in [0.25, 0.3) is 10.9 Å². The molecule has 166 valence electrons. The van der Waals surface area contributed by atoms with E-state index in [1.807, 2.05) is 17.8 Å². The van der Waals surface area contributed by atoms with Crippen molar-refractivity contribution in [3.63, 3.8) is 0 Å². The zero-order chi connectivity index (χ0) is 20.6. The van der Waals surface area contributed by atoms with Crippen molar-refractivity contribution in [2.75, 3.05) is 7.11 Å². The van der Waals surface area contributed by atoms with Crippen molar-refractivity contribution in [3.05, 3.63) is 60.8 Å². The van der Waals surface area contributed by atoms with E-state index in [0.717, 1.165) is 18.2 Å². The number of pyridine rings is 1. The van der Waals surface area contributed by atoms with Gasteiger partial charge in [-0.25, -0.2) is 0 Å². The standard InChI is InChI=1S/C27H34NOS.HI/c1-29-24-15-10-16-25(20-24)30-26-19-23-14-7-8-17-27(23)28(21-26)18-9-3-6-13-22-11-4-2-5-12-22;/h7-8,10,14-17,19-22H,2-6,9,11-13,18H2,1H3;1H/q+1;/p-1. The molecule has 0 atom stereocenters. The van der Waals surface area contributed by atoms with Crippen LogP contribution in [0.5, 0.6) is 5.75 Å². The summed E-state index contributed by atoms with van der Waals surface area (Å²) in [5.74, 6) is 1.92. The maximum absolute atomic E-state index is 5.39. The number of halogens is 1. The summed E-state index contributed by atoms with van der Waals surface area (Å²) >= 11 is 1.81. The van der Waals surface area contributed by atoms with Gasteiger partial charge in [-0.3, -0.25) is 0 Å². The number of aryl methyl sites for hydroxylation is 1. The summed E-state index contributed by atoms with van der Waals surface area (Å²) in [6, 6.07) is 19.4. The Kier molecular flexibility index (Phi) is 9.97. The van der Waals surface area contributed by atoms with Crippen molar-refractivity contribution in [2.45, 2.75) is 74.1 Å². The largest absolute Gasteiger partial charge is 1.00 e. The molecule has 1 fully saturated rings. The third kappa shape index (κ3) is 7.11. The molecule has 4 heteroatoms. The Labute approximate surface area is 208 Å². The predicted molar refractivity (Wildman–Crippen MR) is 126 cm³/mol. The maximum atomic E-state index is 5.39. The lowest BCUT2D eigenvalue weighted by Crippen LogP contribution is -3.00. The van der Waals surface area contributed by atoms with Crippen LogP contribution in [0.3, 0.4) is 0 Å². The molecule has 3 aromatic rings. The second-order valence-electron chi connectivity index (χ2n) is 8.56. The summed E-state index contributed by atoms with van der Waals surface area (Å²) in [7, 11) is 1.72. The van der Waals surface area contributed by atoms with Crippen LogP contribution in [-0.4, -0.2) is 7.11 Å².